The van der Waals surface area contributed by atoms with Crippen LogP contribution in [0.5, 0.6) is 0 Å². The number of halogens is 12. The predicted molar refractivity (Wildman–Crippen MR) is 38.8 cm³/mol. The first-order valence-corrected chi connectivity index (χ1v) is 4.49. The lowest BCUT2D eigenvalue weighted by molar-refractivity contribution is -0.465. The van der Waals surface area contributed by atoms with Crippen molar-refractivity contribution in [1.82, 2.24) is 0 Å². The van der Waals surface area contributed by atoms with Crippen molar-refractivity contribution >= 4 is 0 Å². The van der Waals surface area contributed by atoms with Crippen LogP contribution in [0.3, 0.4) is 0 Å². The molecule has 0 aromatic rings. The summed E-state index contributed by atoms with van der Waals surface area (Å²) in [7, 11) is 0. The Balaban J connectivity index is 5.01. The van der Waals surface area contributed by atoms with Crippen LogP contribution in [0.4, 0.5) is 52.7 Å². The fourth-order valence-electron chi connectivity index (χ4n) is 0.677. The van der Waals surface area contributed by atoms with Crippen molar-refractivity contribution in [3.63, 3.8) is 0 Å². The molecule has 0 rings (SSSR count). The Bertz CT molecular complexity index is 337. The molecule has 1 unspecified atom stereocenters. The maximum atomic E-state index is 12.5. The van der Waals surface area contributed by atoms with Gasteiger partial charge in [-0.25, -0.2) is 13.2 Å². The molecule has 0 aliphatic heterocycles. The molecule has 0 aromatic heterocycles. The van der Waals surface area contributed by atoms with Crippen LogP contribution in [0.1, 0.15) is 0 Å². The summed E-state index contributed by atoms with van der Waals surface area (Å²) in [5.41, 5.74) is 0. The molecule has 0 fully saturated rings. The summed E-state index contributed by atoms with van der Waals surface area (Å²) >= 11 is 0. The third kappa shape index (κ3) is 4.79. The Morgan fingerprint density at radius 3 is 1.52 bits per heavy atom. The smallest absolute Gasteiger partial charge is 0.310 e. The fourth-order valence-corrected chi connectivity index (χ4v) is 0.677. The highest BCUT2D eigenvalue weighted by Crippen LogP contribution is 2.48. The Hall–Kier alpha value is -0.920. The van der Waals surface area contributed by atoms with E-state index in [1.807, 2.05) is 4.74 Å². The van der Waals surface area contributed by atoms with E-state index >= 15 is 0 Å². The van der Waals surface area contributed by atoms with Gasteiger partial charge >= 0.3 is 24.3 Å². The second-order valence-corrected chi connectivity index (χ2v) is 3.29. The van der Waals surface area contributed by atoms with E-state index in [1.54, 1.807) is 0 Å². The summed E-state index contributed by atoms with van der Waals surface area (Å²) in [6.07, 6.45) is -27.8. The molecule has 0 radical (unpaired) electrons. The van der Waals surface area contributed by atoms with Crippen LogP contribution in [-0.4, -0.2) is 43.7 Å². The number of alkyl halides is 12. The molecule has 21 heavy (non-hydrogen) atoms. The number of hydrogen-bond acceptors (Lipinski definition) is 2. The molecule has 2 nitrogen and oxygen atoms in total. The lowest BCUT2D eigenvalue weighted by atomic mass is 10.3. The van der Waals surface area contributed by atoms with Gasteiger partial charge in [-0.2, -0.15) is 39.5 Å². The molecule has 0 N–H and O–H groups in total. The Labute approximate surface area is 107 Å². The molecule has 1 atom stereocenters. The molecular weight excluding hydrogens is 344 g/mol. The van der Waals surface area contributed by atoms with Gasteiger partial charge in [-0.05, 0) is 0 Å². The minimum atomic E-state index is -7.01. The first kappa shape index (κ1) is 20.1. The topological polar surface area (TPSA) is 18.5 Å². The largest absolute Gasteiger partial charge is 0.462 e. The highest BCUT2D eigenvalue weighted by Gasteiger charge is 2.76. The number of hydrogen-bond donors (Lipinski definition) is 0. The third-order valence-corrected chi connectivity index (χ3v) is 1.64. The zero-order valence-corrected chi connectivity index (χ0v) is 9.21. The van der Waals surface area contributed by atoms with E-state index < -0.39 is 43.7 Å². The molecule has 0 aliphatic carbocycles. The molecule has 0 heterocycles. The van der Waals surface area contributed by atoms with E-state index in [2.05, 4.69) is 4.74 Å². The minimum absolute atomic E-state index is 2.04. The maximum Gasteiger partial charge on any atom is 0.462 e. The maximum absolute atomic E-state index is 12.5. The Morgan fingerprint density at radius 1 is 0.762 bits per heavy atom. The highest BCUT2D eigenvalue weighted by atomic mass is 19.4. The molecule has 0 aromatic carbocycles. The molecule has 0 bridgehead atoms. The highest BCUT2D eigenvalue weighted by molar-refractivity contribution is 4.85. The van der Waals surface area contributed by atoms with Crippen molar-refractivity contribution in [3.05, 3.63) is 0 Å². The molecule has 0 saturated heterocycles. The molecule has 0 amide bonds. The fraction of sp³-hybridized carbons (Fsp3) is 1.00. The lowest BCUT2D eigenvalue weighted by Gasteiger charge is -2.30. The second kappa shape index (κ2) is 6.06. The van der Waals surface area contributed by atoms with E-state index in [4.69, 9.17) is 0 Å². The van der Waals surface area contributed by atoms with E-state index in [0.717, 1.165) is 0 Å². The van der Waals surface area contributed by atoms with Gasteiger partial charge in [0.05, 0.1) is 0 Å². The van der Waals surface area contributed by atoms with E-state index in [9.17, 15) is 52.7 Å². The van der Waals surface area contributed by atoms with Crippen molar-refractivity contribution in [2.24, 2.45) is 0 Å². The predicted octanol–water partition coefficient (Wildman–Crippen LogP) is 3.96. The van der Waals surface area contributed by atoms with Crippen LogP contribution >= 0.6 is 0 Å². The first-order valence-electron chi connectivity index (χ1n) is 4.49. The number of ether oxygens (including phenoxy) is 2. The molecular formula is C7H4F12O2. The van der Waals surface area contributed by atoms with Gasteiger partial charge in [0.15, 0.2) is 0 Å². The number of rotatable bonds is 7. The lowest BCUT2D eigenvalue weighted by Crippen LogP contribution is -2.56. The average Bonchev–Trinajstić information content (AvgIpc) is 2.24. The molecule has 128 valence electrons. The van der Waals surface area contributed by atoms with Crippen molar-refractivity contribution in [2.75, 3.05) is 6.61 Å². The summed E-state index contributed by atoms with van der Waals surface area (Å²) in [6.45, 7) is -2.21. The van der Waals surface area contributed by atoms with E-state index in [1.165, 1.54) is 0 Å². The van der Waals surface area contributed by atoms with Crippen molar-refractivity contribution < 1.29 is 62.2 Å². The summed E-state index contributed by atoms with van der Waals surface area (Å²) in [6, 6.07) is 0. The van der Waals surface area contributed by atoms with Gasteiger partial charge in [-0.3, -0.25) is 4.74 Å². The van der Waals surface area contributed by atoms with Gasteiger partial charge in [0, 0.05) is 0 Å². The second-order valence-electron chi connectivity index (χ2n) is 3.29. The van der Waals surface area contributed by atoms with Crippen molar-refractivity contribution in [1.29, 1.82) is 0 Å². The summed E-state index contributed by atoms with van der Waals surface area (Å²) in [5, 5.41) is 0. The van der Waals surface area contributed by atoms with Crippen molar-refractivity contribution in [2.45, 2.75) is 37.1 Å². The summed E-state index contributed by atoms with van der Waals surface area (Å²) in [5.74, 6) is -7.01. The van der Waals surface area contributed by atoms with Crippen LogP contribution in [0.15, 0.2) is 0 Å². The molecule has 0 saturated carbocycles. The van der Waals surface area contributed by atoms with Crippen molar-refractivity contribution in [3.8, 4) is 0 Å². The zero-order chi connectivity index (χ0) is 17.3. The Kier molecular flexibility index (Phi) is 5.79. The average molecular weight is 348 g/mol. The zero-order valence-electron chi connectivity index (χ0n) is 9.21. The van der Waals surface area contributed by atoms with Crippen LogP contribution in [0.25, 0.3) is 0 Å². The third-order valence-electron chi connectivity index (χ3n) is 1.64. The standard InChI is InChI=1S/C7H4F12O2/c8-2(9)1-20-4(11,12)3(10)21-7(18,19)5(13,14)6(15,16)17/h2-3H,1H2. The van der Waals surface area contributed by atoms with Gasteiger partial charge in [-0.1, -0.05) is 0 Å². The molecule has 14 heteroatoms. The van der Waals surface area contributed by atoms with Crippen LogP contribution in [0, 0.1) is 0 Å². The van der Waals surface area contributed by atoms with Gasteiger partial charge in [-0.15, -0.1) is 0 Å². The quantitative estimate of drug-likeness (QED) is 0.649. The minimum Gasteiger partial charge on any atom is -0.310 e. The molecule has 0 aliphatic rings. The molecule has 0 spiro atoms. The van der Waals surface area contributed by atoms with Gasteiger partial charge in [0.2, 0.25) is 0 Å². The first-order chi connectivity index (χ1) is 9.04. The van der Waals surface area contributed by atoms with Gasteiger partial charge in [0.1, 0.15) is 6.61 Å². The normalized spacial score (nSPS) is 16.4. The van der Waals surface area contributed by atoms with Crippen LogP contribution in [-0.2, 0) is 9.47 Å². The SMILES string of the molecule is FC(F)COC(F)(F)C(F)OC(F)(F)C(F)(F)C(F)(F)F. The van der Waals surface area contributed by atoms with Gasteiger partial charge < -0.3 is 4.74 Å². The van der Waals surface area contributed by atoms with Crippen LogP contribution in [0.2, 0.25) is 0 Å². The van der Waals surface area contributed by atoms with E-state index in [-0.39, 0.29) is 0 Å². The van der Waals surface area contributed by atoms with Crippen LogP contribution < -0.4 is 0 Å². The summed E-state index contributed by atoms with van der Waals surface area (Å²) < 4.78 is 149. The van der Waals surface area contributed by atoms with Gasteiger partial charge in [0.25, 0.3) is 12.8 Å². The van der Waals surface area contributed by atoms with E-state index in [0.29, 0.717) is 0 Å². The summed E-state index contributed by atoms with van der Waals surface area (Å²) in [4.78, 5) is 0. The monoisotopic (exact) mass is 348 g/mol. The Morgan fingerprint density at radius 2 is 1.19 bits per heavy atom.